The van der Waals surface area contributed by atoms with Crippen LogP contribution in [0, 0.1) is 6.92 Å². The second-order valence-electron chi connectivity index (χ2n) is 4.59. The van der Waals surface area contributed by atoms with Gasteiger partial charge in [0.2, 0.25) is 0 Å². The highest BCUT2D eigenvalue weighted by Crippen LogP contribution is 2.20. The number of aliphatic hydroxyl groups is 1. The number of ether oxygens (including phenoxy) is 1. The first-order valence-corrected chi connectivity index (χ1v) is 6.71. The molecule has 0 unspecified atom stereocenters. The number of hydrogen-bond donors (Lipinski definition) is 2. The van der Waals surface area contributed by atoms with Crippen LogP contribution in [-0.2, 0) is 0 Å². The summed E-state index contributed by atoms with van der Waals surface area (Å²) in [5.74, 6) is 0.736. The highest BCUT2D eigenvalue weighted by atomic mass is 35.5. The molecule has 0 aliphatic carbocycles. The lowest BCUT2D eigenvalue weighted by atomic mass is 10.2. The number of aliphatic hydroxyl groups excluding tert-OH is 1. The van der Waals surface area contributed by atoms with Crippen LogP contribution in [0.2, 0.25) is 5.02 Å². The predicted molar refractivity (Wildman–Crippen MR) is 75.4 cm³/mol. The lowest BCUT2D eigenvalue weighted by Gasteiger charge is -2.16. The van der Waals surface area contributed by atoms with Gasteiger partial charge >= 0.3 is 0 Å². The summed E-state index contributed by atoms with van der Waals surface area (Å²) >= 11 is 5.93. The largest absolute Gasteiger partial charge is 0.491 e. The van der Waals surface area contributed by atoms with Gasteiger partial charge in [-0.25, -0.2) is 0 Å². The minimum absolute atomic E-state index is 0.282. The third kappa shape index (κ3) is 5.25. The van der Waals surface area contributed by atoms with E-state index < -0.39 is 6.10 Å². The fraction of sp³-hybridized carbons (Fsp3) is 0.571. The summed E-state index contributed by atoms with van der Waals surface area (Å²) in [4.78, 5) is 0. The first-order valence-electron chi connectivity index (χ1n) is 6.33. The Morgan fingerprint density at radius 1 is 1.44 bits per heavy atom. The second kappa shape index (κ2) is 7.62. The average Bonchev–Trinajstić information content (AvgIpc) is 2.37. The van der Waals surface area contributed by atoms with E-state index in [9.17, 15) is 5.11 Å². The minimum atomic E-state index is -0.505. The summed E-state index contributed by atoms with van der Waals surface area (Å²) in [5.41, 5.74) is 0.974. The normalized spacial score (nSPS) is 14.3. The monoisotopic (exact) mass is 271 g/mol. The van der Waals surface area contributed by atoms with Gasteiger partial charge in [-0.1, -0.05) is 18.5 Å². The maximum Gasteiger partial charge on any atom is 0.119 e. The van der Waals surface area contributed by atoms with Gasteiger partial charge < -0.3 is 15.2 Å². The quantitative estimate of drug-likeness (QED) is 0.801. The van der Waals surface area contributed by atoms with E-state index in [0.29, 0.717) is 12.6 Å². The van der Waals surface area contributed by atoms with Crippen molar-refractivity contribution in [2.45, 2.75) is 39.3 Å². The first-order chi connectivity index (χ1) is 8.52. The van der Waals surface area contributed by atoms with Crippen molar-refractivity contribution in [3.8, 4) is 5.75 Å². The molecule has 18 heavy (non-hydrogen) atoms. The maximum atomic E-state index is 9.77. The average molecular weight is 272 g/mol. The molecule has 0 heterocycles. The van der Waals surface area contributed by atoms with Gasteiger partial charge in [-0.3, -0.25) is 0 Å². The Balaban J connectivity index is 2.33. The van der Waals surface area contributed by atoms with Gasteiger partial charge in [0.05, 0.1) is 0 Å². The molecule has 1 aromatic carbocycles. The molecule has 0 aliphatic rings. The maximum absolute atomic E-state index is 9.77. The topological polar surface area (TPSA) is 41.5 Å². The van der Waals surface area contributed by atoms with Crippen molar-refractivity contribution in [1.82, 2.24) is 5.32 Å². The molecule has 1 rings (SSSR count). The van der Waals surface area contributed by atoms with Crippen LogP contribution in [0.25, 0.3) is 0 Å². The number of aryl methyl sites for hydroxylation is 1. The molecule has 0 bridgehead atoms. The van der Waals surface area contributed by atoms with Crippen molar-refractivity contribution < 1.29 is 9.84 Å². The van der Waals surface area contributed by atoms with E-state index in [0.717, 1.165) is 22.8 Å². The lowest BCUT2D eigenvalue weighted by molar-refractivity contribution is 0.104. The molecular weight excluding hydrogens is 250 g/mol. The molecule has 0 radical (unpaired) electrons. The zero-order valence-corrected chi connectivity index (χ0v) is 12.0. The molecule has 0 spiro atoms. The van der Waals surface area contributed by atoms with Crippen LogP contribution in [-0.4, -0.2) is 30.4 Å². The van der Waals surface area contributed by atoms with Crippen LogP contribution in [0.1, 0.15) is 25.8 Å². The molecule has 0 aliphatic heterocycles. The second-order valence-corrected chi connectivity index (χ2v) is 5.00. The first kappa shape index (κ1) is 15.3. The number of hydrogen-bond acceptors (Lipinski definition) is 3. The van der Waals surface area contributed by atoms with Gasteiger partial charge in [0, 0.05) is 17.6 Å². The van der Waals surface area contributed by atoms with Gasteiger partial charge in [0.25, 0.3) is 0 Å². The van der Waals surface area contributed by atoms with Crippen molar-refractivity contribution >= 4 is 11.6 Å². The van der Waals surface area contributed by atoms with Gasteiger partial charge in [-0.15, -0.1) is 0 Å². The fourth-order valence-corrected chi connectivity index (χ4v) is 1.56. The number of rotatable bonds is 7. The molecule has 0 amide bonds. The molecule has 4 heteroatoms. The SMILES string of the molecule is CC[C@H](C)NC[C@@H](O)COc1ccc(Cl)c(C)c1. The molecule has 0 saturated heterocycles. The molecule has 2 atom stereocenters. The summed E-state index contributed by atoms with van der Waals surface area (Å²) in [6.07, 6.45) is 0.541. The Hall–Kier alpha value is -0.770. The van der Waals surface area contributed by atoms with Crippen LogP contribution in [0.3, 0.4) is 0 Å². The Kier molecular flexibility index (Phi) is 6.47. The van der Waals surface area contributed by atoms with Gasteiger partial charge in [0.1, 0.15) is 18.5 Å². The standard InChI is InChI=1S/C14H22ClNO2/c1-4-11(3)16-8-12(17)9-18-13-5-6-14(15)10(2)7-13/h5-7,11-12,16-17H,4,8-9H2,1-3H3/t11-,12+/m0/s1. The fourth-order valence-electron chi connectivity index (χ4n) is 1.44. The molecular formula is C14H22ClNO2. The van der Waals surface area contributed by atoms with Crippen LogP contribution in [0.4, 0.5) is 0 Å². The summed E-state index contributed by atoms with van der Waals surface area (Å²) < 4.78 is 5.52. The zero-order chi connectivity index (χ0) is 13.5. The molecule has 102 valence electrons. The van der Waals surface area contributed by atoms with Gasteiger partial charge in [0.15, 0.2) is 0 Å². The zero-order valence-electron chi connectivity index (χ0n) is 11.2. The van der Waals surface area contributed by atoms with E-state index in [1.54, 1.807) is 6.07 Å². The molecule has 1 aromatic rings. The van der Waals surface area contributed by atoms with Crippen molar-refractivity contribution in [3.05, 3.63) is 28.8 Å². The van der Waals surface area contributed by atoms with Crippen LogP contribution in [0.15, 0.2) is 18.2 Å². The van der Waals surface area contributed by atoms with Crippen molar-refractivity contribution in [3.63, 3.8) is 0 Å². The third-order valence-corrected chi connectivity index (χ3v) is 3.31. The third-order valence-electron chi connectivity index (χ3n) is 2.89. The molecule has 0 aromatic heterocycles. The smallest absolute Gasteiger partial charge is 0.119 e. The minimum Gasteiger partial charge on any atom is -0.491 e. The summed E-state index contributed by atoms with van der Waals surface area (Å²) in [7, 11) is 0. The number of benzene rings is 1. The predicted octanol–water partition coefficient (Wildman–Crippen LogP) is 2.78. The number of halogens is 1. The van der Waals surface area contributed by atoms with E-state index in [4.69, 9.17) is 16.3 Å². The van der Waals surface area contributed by atoms with Crippen molar-refractivity contribution in [2.24, 2.45) is 0 Å². The summed E-state index contributed by atoms with van der Waals surface area (Å²) in [6.45, 7) is 6.95. The van der Waals surface area contributed by atoms with Crippen LogP contribution in [0.5, 0.6) is 5.75 Å². The Morgan fingerprint density at radius 2 is 2.17 bits per heavy atom. The van der Waals surface area contributed by atoms with E-state index in [1.807, 2.05) is 19.1 Å². The Morgan fingerprint density at radius 3 is 2.78 bits per heavy atom. The van der Waals surface area contributed by atoms with Crippen molar-refractivity contribution in [2.75, 3.05) is 13.2 Å². The Bertz CT molecular complexity index is 371. The summed E-state index contributed by atoms with van der Waals surface area (Å²) in [6, 6.07) is 5.90. The van der Waals surface area contributed by atoms with E-state index in [-0.39, 0.29) is 6.61 Å². The molecule has 0 fully saturated rings. The lowest BCUT2D eigenvalue weighted by Crippen LogP contribution is -2.36. The highest BCUT2D eigenvalue weighted by molar-refractivity contribution is 6.31. The molecule has 0 saturated carbocycles. The summed E-state index contributed by atoms with van der Waals surface area (Å²) in [5, 5.41) is 13.7. The van der Waals surface area contributed by atoms with Gasteiger partial charge in [-0.2, -0.15) is 0 Å². The number of nitrogens with one attached hydrogen (secondary N) is 1. The highest BCUT2D eigenvalue weighted by Gasteiger charge is 2.07. The van der Waals surface area contributed by atoms with Crippen LogP contribution < -0.4 is 10.1 Å². The van der Waals surface area contributed by atoms with E-state index in [2.05, 4.69) is 19.2 Å². The molecule has 2 N–H and O–H groups in total. The van der Waals surface area contributed by atoms with Crippen molar-refractivity contribution in [1.29, 1.82) is 0 Å². The van der Waals surface area contributed by atoms with E-state index >= 15 is 0 Å². The Labute approximate surface area is 114 Å². The van der Waals surface area contributed by atoms with E-state index in [1.165, 1.54) is 0 Å². The van der Waals surface area contributed by atoms with Crippen LogP contribution >= 0.6 is 11.6 Å². The molecule has 3 nitrogen and oxygen atoms in total. The van der Waals surface area contributed by atoms with Gasteiger partial charge in [-0.05, 0) is 44.0 Å².